The van der Waals surface area contributed by atoms with Gasteiger partial charge in [-0.25, -0.2) is 12.8 Å². The minimum atomic E-state index is -4.95. The van der Waals surface area contributed by atoms with Gasteiger partial charge in [0, 0.05) is 19.1 Å². The number of nitrogens with two attached hydrogens (primary N) is 1. The minimum Gasteiger partial charge on any atom is -0.328 e. The molecule has 0 aromatic heterocycles. The fraction of sp³-hybridized carbons (Fsp3) is 0.571. The smallest absolute Gasteiger partial charge is 0.328 e. The third kappa shape index (κ3) is 3.84. The van der Waals surface area contributed by atoms with Crippen molar-refractivity contribution < 1.29 is 26.0 Å². The van der Waals surface area contributed by atoms with E-state index in [0.29, 0.717) is 18.9 Å². The second kappa shape index (κ2) is 6.37. The van der Waals surface area contributed by atoms with E-state index in [0.717, 1.165) is 10.4 Å². The predicted octanol–water partition coefficient (Wildman–Crippen LogP) is 2.59. The number of sulfonamides is 1. The Kier molecular flexibility index (Phi) is 5.03. The van der Waals surface area contributed by atoms with Crippen LogP contribution in [0, 0.1) is 11.7 Å². The molecular formula is C14H18F4N2O2S. The van der Waals surface area contributed by atoms with E-state index in [1.165, 1.54) is 0 Å². The monoisotopic (exact) mass is 354 g/mol. The molecule has 130 valence electrons. The first kappa shape index (κ1) is 18.2. The molecule has 9 heteroatoms. The van der Waals surface area contributed by atoms with Crippen LogP contribution in [0.15, 0.2) is 23.1 Å². The Morgan fingerprint density at radius 1 is 1.26 bits per heavy atom. The molecule has 2 N–H and O–H groups in total. The number of hydrogen-bond donors (Lipinski definition) is 1. The van der Waals surface area contributed by atoms with Crippen LogP contribution in [0.25, 0.3) is 0 Å². The number of piperidine rings is 1. The van der Waals surface area contributed by atoms with Crippen molar-refractivity contribution in [1.82, 2.24) is 4.31 Å². The number of halogens is 4. The van der Waals surface area contributed by atoms with Gasteiger partial charge in [0.1, 0.15) is 5.82 Å². The van der Waals surface area contributed by atoms with Gasteiger partial charge in [0.15, 0.2) is 0 Å². The summed E-state index contributed by atoms with van der Waals surface area (Å²) in [5.41, 5.74) is 4.29. The van der Waals surface area contributed by atoms with Gasteiger partial charge in [-0.1, -0.05) is 0 Å². The molecule has 1 heterocycles. The topological polar surface area (TPSA) is 63.4 Å². The molecule has 0 spiro atoms. The van der Waals surface area contributed by atoms with Crippen molar-refractivity contribution in [1.29, 1.82) is 0 Å². The van der Waals surface area contributed by atoms with E-state index < -0.39 is 32.5 Å². The van der Waals surface area contributed by atoms with Gasteiger partial charge in [-0.2, -0.15) is 17.5 Å². The largest absolute Gasteiger partial charge is 0.417 e. The number of rotatable bonds is 3. The van der Waals surface area contributed by atoms with Gasteiger partial charge in [0.2, 0.25) is 10.0 Å². The molecule has 0 radical (unpaired) electrons. The molecular weight excluding hydrogens is 336 g/mol. The van der Waals surface area contributed by atoms with Crippen molar-refractivity contribution in [2.45, 2.75) is 36.9 Å². The van der Waals surface area contributed by atoms with E-state index in [-0.39, 0.29) is 31.1 Å². The van der Waals surface area contributed by atoms with Crippen LogP contribution in [-0.4, -0.2) is 31.9 Å². The van der Waals surface area contributed by atoms with Crippen molar-refractivity contribution in [2.24, 2.45) is 11.7 Å². The Bertz CT molecular complexity index is 666. The fourth-order valence-electron chi connectivity index (χ4n) is 2.73. The van der Waals surface area contributed by atoms with Gasteiger partial charge in [-0.15, -0.1) is 0 Å². The predicted molar refractivity (Wildman–Crippen MR) is 76.5 cm³/mol. The highest BCUT2D eigenvalue weighted by molar-refractivity contribution is 7.89. The molecule has 1 unspecified atom stereocenters. The normalized spacial score (nSPS) is 19.7. The van der Waals surface area contributed by atoms with E-state index in [9.17, 15) is 26.0 Å². The van der Waals surface area contributed by atoms with Gasteiger partial charge >= 0.3 is 6.18 Å². The molecule has 1 atom stereocenters. The Morgan fingerprint density at radius 2 is 1.83 bits per heavy atom. The standard InChI is InChI=1S/C14H18F4N2O2S/c1-9(19)10-4-6-20(7-5-10)23(21,22)13-3-2-11(15)8-12(13)14(16,17)18/h2-3,8-10H,4-7,19H2,1H3. The maximum Gasteiger partial charge on any atom is 0.417 e. The van der Waals surface area contributed by atoms with E-state index in [1.807, 2.05) is 6.92 Å². The first-order valence-electron chi connectivity index (χ1n) is 7.16. The molecule has 23 heavy (non-hydrogen) atoms. The van der Waals surface area contributed by atoms with Crippen LogP contribution in [0.1, 0.15) is 25.3 Å². The van der Waals surface area contributed by atoms with Gasteiger partial charge in [-0.05, 0) is 43.9 Å². The molecule has 0 amide bonds. The van der Waals surface area contributed by atoms with E-state index in [4.69, 9.17) is 5.73 Å². The Labute approximate surface area is 132 Å². The lowest BCUT2D eigenvalue weighted by Crippen LogP contribution is -2.42. The summed E-state index contributed by atoms with van der Waals surface area (Å²) in [6, 6.07) is 1.50. The third-order valence-electron chi connectivity index (χ3n) is 4.11. The number of nitrogens with zero attached hydrogens (tertiary/aromatic N) is 1. The van der Waals surface area contributed by atoms with Crippen LogP contribution in [0.3, 0.4) is 0 Å². The highest BCUT2D eigenvalue weighted by Crippen LogP contribution is 2.36. The number of hydrogen-bond acceptors (Lipinski definition) is 3. The Hall–Kier alpha value is -1.19. The van der Waals surface area contributed by atoms with Crippen LogP contribution in [0.4, 0.5) is 17.6 Å². The van der Waals surface area contributed by atoms with Gasteiger partial charge in [-0.3, -0.25) is 0 Å². The Balaban J connectivity index is 2.35. The lowest BCUT2D eigenvalue weighted by atomic mass is 9.92. The van der Waals surface area contributed by atoms with E-state index in [1.54, 1.807) is 0 Å². The zero-order valence-corrected chi connectivity index (χ0v) is 13.3. The first-order chi connectivity index (χ1) is 10.5. The quantitative estimate of drug-likeness (QED) is 0.849. The molecule has 0 aliphatic carbocycles. The first-order valence-corrected chi connectivity index (χ1v) is 8.60. The van der Waals surface area contributed by atoms with Crippen LogP contribution >= 0.6 is 0 Å². The average Bonchev–Trinajstić information content (AvgIpc) is 2.46. The summed E-state index contributed by atoms with van der Waals surface area (Å²) in [6.07, 6.45) is -3.98. The maximum atomic E-state index is 13.1. The summed E-state index contributed by atoms with van der Waals surface area (Å²) in [5.74, 6) is -0.997. The maximum absolute atomic E-state index is 13.1. The van der Waals surface area contributed by atoms with Crippen LogP contribution < -0.4 is 5.73 Å². The van der Waals surface area contributed by atoms with Crippen molar-refractivity contribution in [2.75, 3.05) is 13.1 Å². The molecule has 1 aromatic rings. The van der Waals surface area contributed by atoms with E-state index in [2.05, 4.69) is 0 Å². The second-order valence-corrected chi connectivity index (χ2v) is 7.65. The molecule has 2 rings (SSSR count). The average molecular weight is 354 g/mol. The molecule has 1 aliphatic rings. The fourth-order valence-corrected chi connectivity index (χ4v) is 4.39. The summed E-state index contributed by atoms with van der Waals surface area (Å²) < 4.78 is 78.2. The van der Waals surface area contributed by atoms with Gasteiger partial charge in [0.05, 0.1) is 10.5 Å². The molecule has 1 aromatic carbocycles. The third-order valence-corrected chi connectivity index (χ3v) is 6.06. The lowest BCUT2D eigenvalue weighted by Gasteiger charge is -2.33. The van der Waals surface area contributed by atoms with Gasteiger partial charge < -0.3 is 5.73 Å². The summed E-state index contributed by atoms with van der Waals surface area (Å²) >= 11 is 0. The molecule has 1 aliphatic heterocycles. The van der Waals surface area contributed by atoms with Crippen molar-refractivity contribution in [3.8, 4) is 0 Å². The number of alkyl halides is 3. The van der Waals surface area contributed by atoms with E-state index >= 15 is 0 Å². The minimum absolute atomic E-state index is 0.100. The van der Waals surface area contributed by atoms with Crippen LogP contribution in [0.5, 0.6) is 0 Å². The Morgan fingerprint density at radius 3 is 2.30 bits per heavy atom. The summed E-state index contributed by atoms with van der Waals surface area (Å²) in [7, 11) is -4.34. The zero-order valence-electron chi connectivity index (χ0n) is 12.5. The molecule has 4 nitrogen and oxygen atoms in total. The molecule has 0 bridgehead atoms. The van der Waals surface area contributed by atoms with Crippen LogP contribution in [0.2, 0.25) is 0 Å². The van der Waals surface area contributed by atoms with Crippen LogP contribution in [-0.2, 0) is 16.2 Å². The van der Waals surface area contributed by atoms with Crippen molar-refractivity contribution >= 4 is 10.0 Å². The zero-order chi connectivity index (χ0) is 17.4. The van der Waals surface area contributed by atoms with Crippen molar-refractivity contribution in [3.05, 3.63) is 29.6 Å². The highest BCUT2D eigenvalue weighted by Gasteiger charge is 2.40. The summed E-state index contributed by atoms with van der Waals surface area (Å²) in [5, 5.41) is 0. The molecule has 1 saturated heterocycles. The van der Waals surface area contributed by atoms with Gasteiger partial charge in [0.25, 0.3) is 0 Å². The summed E-state index contributed by atoms with van der Waals surface area (Å²) in [4.78, 5) is -0.911. The molecule has 0 saturated carbocycles. The summed E-state index contributed by atoms with van der Waals surface area (Å²) in [6.45, 7) is 2.02. The SMILES string of the molecule is CC(N)C1CCN(S(=O)(=O)c2ccc(F)cc2C(F)(F)F)CC1. The van der Waals surface area contributed by atoms with Crippen molar-refractivity contribution in [3.63, 3.8) is 0 Å². The number of benzene rings is 1. The highest BCUT2D eigenvalue weighted by atomic mass is 32.2. The molecule has 1 fully saturated rings. The second-order valence-electron chi connectivity index (χ2n) is 5.74. The lowest BCUT2D eigenvalue weighted by molar-refractivity contribution is -0.140.